The van der Waals surface area contributed by atoms with Gasteiger partial charge in [0.1, 0.15) is 0 Å². The van der Waals surface area contributed by atoms with E-state index in [-0.39, 0.29) is 42.9 Å². The maximum atomic E-state index is 13.0. The van der Waals surface area contributed by atoms with E-state index >= 15 is 0 Å². The smallest absolute Gasteiger partial charge is 0.314 e. The molecular formula is C15H17Cl2F6N3. The lowest BCUT2D eigenvalue weighted by Gasteiger charge is -2.34. The molecule has 0 amide bonds. The first-order chi connectivity index (χ1) is 11.1. The molecule has 1 atom stereocenters. The minimum absolute atomic E-state index is 0. The average Bonchev–Trinajstić information content (AvgIpc) is 2.51. The second kappa shape index (κ2) is 9.65. The van der Waals surface area contributed by atoms with Crippen molar-refractivity contribution in [2.24, 2.45) is 0 Å². The van der Waals surface area contributed by atoms with Crippen LogP contribution in [0.2, 0.25) is 0 Å². The normalized spacial score (nSPS) is 16.8. The van der Waals surface area contributed by atoms with Gasteiger partial charge in [-0.25, -0.2) is 0 Å². The molecule has 0 spiro atoms. The van der Waals surface area contributed by atoms with Crippen molar-refractivity contribution in [1.29, 1.82) is 5.26 Å². The number of halogens is 8. The molecule has 0 aliphatic carbocycles. The van der Waals surface area contributed by atoms with Crippen LogP contribution >= 0.6 is 24.8 Å². The number of nitriles is 1. The Balaban J connectivity index is 0.00000312. The molecule has 1 fully saturated rings. The van der Waals surface area contributed by atoms with Crippen LogP contribution in [0.4, 0.5) is 26.3 Å². The van der Waals surface area contributed by atoms with Crippen molar-refractivity contribution in [1.82, 2.24) is 10.2 Å². The molecule has 1 aromatic carbocycles. The quantitative estimate of drug-likeness (QED) is 0.731. The van der Waals surface area contributed by atoms with Gasteiger partial charge >= 0.3 is 12.4 Å². The van der Waals surface area contributed by atoms with Crippen molar-refractivity contribution in [3.63, 3.8) is 0 Å². The van der Waals surface area contributed by atoms with Gasteiger partial charge in [0.05, 0.1) is 23.6 Å². The lowest BCUT2D eigenvalue weighted by Crippen LogP contribution is -2.45. The first kappa shape index (κ1) is 24.8. The van der Waals surface area contributed by atoms with Crippen LogP contribution in [0.15, 0.2) is 18.2 Å². The van der Waals surface area contributed by atoms with Crippen LogP contribution in [0, 0.1) is 11.3 Å². The standard InChI is InChI=1S/C15H15F6N3.2ClH/c16-14(17,18)11-7-10(8-12(9-11)15(19,20)21)13(1-2-22)24-5-3-23-4-6-24;;/h7-9,13,23H,1,3-6H2;2*1H/t13-;;/m1../s1. The third-order valence-corrected chi connectivity index (χ3v) is 3.87. The highest BCUT2D eigenvalue weighted by molar-refractivity contribution is 5.85. The van der Waals surface area contributed by atoms with Crippen molar-refractivity contribution in [2.75, 3.05) is 26.2 Å². The number of nitrogens with one attached hydrogen (secondary N) is 1. The van der Waals surface area contributed by atoms with Gasteiger partial charge in [-0.05, 0) is 23.8 Å². The third-order valence-electron chi connectivity index (χ3n) is 3.87. The van der Waals surface area contributed by atoms with Gasteiger partial charge < -0.3 is 5.32 Å². The fraction of sp³-hybridized carbons (Fsp3) is 0.533. The summed E-state index contributed by atoms with van der Waals surface area (Å²) in [4.78, 5) is 1.73. The molecule has 0 saturated carbocycles. The summed E-state index contributed by atoms with van der Waals surface area (Å²) in [5, 5.41) is 12.0. The molecule has 0 unspecified atom stereocenters. The van der Waals surface area contributed by atoms with Crippen LogP contribution < -0.4 is 5.32 Å². The Hall–Kier alpha value is -1.21. The van der Waals surface area contributed by atoms with Gasteiger partial charge in [0, 0.05) is 32.2 Å². The second-order valence-corrected chi connectivity index (χ2v) is 5.50. The monoisotopic (exact) mass is 423 g/mol. The van der Waals surface area contributed by atoms with E-state index in [0.717, 1.165) is 0 Å². The Bertz CT molecular complexity index is 589. The van der Waals surface area contributed by atoms with Crippen molar-refractivity contribution in [2.45, 2.75) is 24.8 Å². The Morgan fingerprint density at radius 1 is 0.962 bits per heavy atom. The summed E-state index contributed by atoms with van der Waals surface area (Å²) < 4.78 is 77.8. The van der Waals surface area contributed by atoms with Crippen LogP contribution in [0.5, 0.6) is 0 Å². The summed E-state index contributed by atoms with van der Waals surface area (Å²) in [5.41, 5.74) is -2.85. The summed E-state index contributed by atoms with van der Waals surface area (Å²) in [6.45, 7) is 2.02. The van der Waals surface area contributed by atoms with Gasteiger partial charge in [0.2, 0.25) is 0 Å². The summed E-state index contributed by atoms with van der Waals surface area (Å²) in [5.74, 6) is 0. The lowest BCUT2D eigenvalue weighted by atomic mass is 9.96. The van der Waals surface area contributed by atoms with Crippen LogP contribution in [-0.2, 0) is 12.4 Å². The van der Waals surface area contributed by atoms with Crippen molar-refractivity contribution in [3.8, 4) is 6.07 Å². The number of benzene rings is 1. The van der Waals surface area contributed by atoms with Crippen LogP contribution in [0.25, 0.3) is 0 Å². The maximum absolute atomic E-state index is 13.0. The molecule has 1 N–H and O–H groups in total. The van der Waals surface area contributed by atoms with Gasteiger partial charge in [0.25, 0.3) is 0 Å². The predicted octanol–water partition coefficient (Wildman–Crippen LogP) is 4.43. The number of piperazine rings is 1. The summed E-state index contributed by atoms with van der Waals surface area (Å²) in [6.07, 6.45) is -9.97. The van der Waals surface area contributed by atoms with E-state index < -0.39 is 29.5 Å². The number of hydrogen-bond acceptors (Lipinski definition) is 3. The minimum Gasteiger partial charge on any atom is -0.314 e. The fourth-order valence-electron chi connectivity index (χ4n) is 2.71. The van der Waals surface area contributed by atoms with Crippen molar-refractivity contribution < 1.29 is 26.3 Å². The maximum Gasteiger partial charge on any atom is 0.416 e. The highest BCUT2D eigenvalue weighted by atomic mass is 35.5. The summed E-state index contributed by atoms with van der Waals surface area (Å²) in [6, 6.07) is 2.57. The number of rotatable bonds is 3. The van der Waals surface area contributed by atoms with E-state index in [1.807, 2.05) is 6.07 Å². The number of nitrogens with zero attached hydrogens (tertiary/aromatic N) is 2. The molecule has 148 valence electrons. The van der Waals surface area contributed by atoms with Gasteiger partial charge in [-0.3, -0.25) is 4.90 Å². The molecule has 3 nitrogen and oxygen atoms in total. The highest BCUT2D eigenvalue weighted by Gasteiger charge is 2.38. The molecular weight excluding hydrogens is 407 g/mol. The van der Waals surface area contributed by atoms with Gasteiger partial charge in [-0.2, -0.15) is 31.6 Å². The SMILES string of the molecule is Cl.Cl.N#CC[C@H](c1cc(C(F)(F)F)cc(C(F)(F)F)c1)N1CCNCC1. The second-order valence-electron chi connectivity index (χ2n) is 5.50. The molecule has 0 bridgehead atoms. The van der Waals surface area contributed by atoms with Crippen molar-refractivity contribution >= 4 is 24.8 Å². The van der Waals surface area contributed by atoms with Crippen molar-refractivity contribution in [3.05, 3.63) is 34.9 Å². The molecule has 1 aromatic rings. The summed E-state index contributed by atoms with van der Waals surface area (Å²) in [7, 11) is 0. The lowest BCUT2D eigenvalue weighted by molar-refractivity contribution is -0.143. The number of alkyl halides is 6. The van der Waals surface area contributed by atoms with Crippen LogP contribution in [0.1, 0.15) is 29.2 Å². The highest BCUT2D eigenvalue weighted by Crippen LogP contribution is 2.38. The third kappa shape index (κ3) is 6.20. The van der Waals surface area contributed by atoms with Gasteiger partial charge in [0.15, 0.2) is 0 Å². The molecule has 1 aliphatic heterocycles. The van der Waals surface area contributed by atoms with E-state index in [0.29, 0.717) is 38.3 Å². The molecule has 1 aliphatic rings. The molecule has 1 saturated heterocycles. The zero-order valence-corrected chi connectivity index (χ0v) is 15.0. The van der Waals surface area contributed by atoms with E-state index in [1.165, 1.54) is 0 Å². The number of hydrogen-bond donors (Lipinski definition) is 1. The summed E-state index contributed by atoms with van der Waals surface area (Å²) >= 11 is 0. The molecule has 2 rings (SSSR count). The molecule has 26 heavy (non-hydrogen) atoms. The zero-order valence-electron chi connectivity index (χ0n) is 13.3. The molecule has 1 heterocycles. The molecule has 0 aromatic heterocycles. The molecule has 11 heteroatoms. The minimum atomic E-state index is -4.89. The predicted molar refractivity (Wildman–Crippen MR) is 88.4 cm³/mol. The van der Waals surface area contributed by atoms with E-state index in [1.54, 1.807) is 4.90 Å². The first-order valence-corrected chi connectivity index (χ1v) is 7.24. The Morgan fingerprint density at radius 3 is 1.81 bits per heavy atom. The van der Waals surface area contributed by atoms with Gasteiger partial charge in [-0.15, -0.1) is 24.8 Å². The Morgan fingerprint density at radius 2 is 1.42 bits per heavy atom. The molecule has 0 radical (unpaired) electrons. The average molecular weight is 424 g/mol. The Kier molecular flexibility index (Phi) is 9.20. The topological polar surface area (TPSA) is 39.1 Å². The largest absolute Gasteiger partial charge is 0.416 e. The van der Waals surface area contributed by atoms with E-state index in [9.17, 15) is 26.3 Å². The fourth-order valence-corrected chi connectivity index (χ4v) is 2.71. The zero-order chi connectivity index (χ0) is 18.0. The van der Waals surface area contributed by atoms with E-state index in [2.05, 4.69) is 5.32 Å². The van der Waals surface area contributed by atoms with Crippen LogP contribution in [-0.4, -0.2) is 31.1 Å². The van der Waals surface area contributed by atoms with E-state index in [4.69, 9.17) is 5.26 Å². The first-order valence-electron chi connectivity index (χ1n) is 7.24. The Labute approximate surface area is 159 Å². The van der Waals surface area contributed by atoms with Crippen LogP contribution in [0.3, 0.4) is 0 Å². The van der Waals surface area contributed by atoms with Gasteiger partial charge in [-0.1, -0.05) is 0 Å².